The van der Waals surface area contributed by atoms with Crippen LogP contribution in [-0.2, 0) is 5.41 Å². The predicted octanol–water partition coefficient (Wildman–Crippen LogP) is 9.76. The number of aryl methyl sites for hydroxylation is 1. The largest absolute Gasteiger partial charge is 0.507 e. The molecule has 1 aromatic heterocycles. The van der Waals surface area contributed by atoms with Crippen LogP contribution in [0, 0.1) is 6.92 Å². The lowest BCUT2D eigenvalue weighted by molar-refractivity contribution is 0.477. The van der Waals surface area contributed by atoms with E-state index >= 15 is 0 Å². The molecular weight excluding hydrogens is 470 g/mol. The van der Waals surface area contributed by atoms with Crippen molar-refractivity contribution in [1.29, 1.82) is 0 Å². The second kappa shape index (κ2) is 8.86. The van der Waals surface area contributed by atoms with Crippen molar-refractivity contribution in [2.24, 2.45) is 0 Å². The number of thiazole rings is 1. The Hall–Kier alpha value is -3.95. The average Bonchev–Trinajstić information content (AvgIpc) is 3.31. The number of rotatable bonds is 3. The Balaban J connectivity index is 1.66. The lowest BCUT2D eigenvalue weighted by atomic mass is 9.84. The molecule has 2 nitrogen and oxygen atoms in total. The Morgan fingerprint density at radius 2 is 1.41 bits per heavy atom. The summed E-state index contributed by atoms with van der Waals surface area (Å²) >= 11 is 1.63. The lowest BCUT2D eigenvalue weighted by Gasteiger charge is -2.21. The van der Waals surface area contributed by atoms with E-state index in [2.05, 4.69) is 100 Å². The highest BCUT2D eigenvalue weighted by Crippen LogP contribution is 2.43. The van der Waals surface area contributed by atoms with Crippen LogP contribution in [0.5, 0.6) is 5.75 Å². The molecular formula is C34H29NOS. The van der Waals surface area contributed by atoms with Crippen molar-refractivity contribution in [1.82, 2.24) is 4.98 Å². The second-order valence-electron chi connectivity index (χ2n) is 10.8. The first-order chi connectivity index (χ1) is 17.8. The van der Waals surface area contributed by atoms with Crippen LogP contribution >= 0.6 is 11.3 Å². The van der Waals surface area contributed by atoms with Crippen molar-refractivity contribution in [3.63, 3.8) is 0 Å². The molecule has 182 valence electrons. The van der Waals surface area contributed by atoms with Gasteiger partial charge in [-0.05, 0) is 69.6 Å². The number of para-hydroxylation sites is 1. The van der Waals surface area contributed by atoms with E-state index < -0.39 is 0 Å². The molecule has 0 spiro atoms. The van der Waals surface area contributed by atoms with Crippen LogP contribution in [0.1, 0.15) is 31.9 Å². The zero-order chi connectivity index (χ0) is 25.7. The minimum absolute atomic E-state index is 0.0613. The maximum absolute atomic E-state index is 10.6. The lowest BCUT2D eigenvalue weighted by Crippen LogP contribution is -2.11. The minimum Gasteiger partial charge on any atom is -0.507 e. The van der Waals surface area contributed by atoms with Crippen LogP contribution in [0.4, 0.5) is 0 Å². The highest BCUT2D eigenvalue weighted by molar-refractivity contribution is 7.21. The molecule has 0 aliphatic carbocycles. The van der Waals surface area contributed by atoms with Gasteiger partial charge in [0.1, 0.15) is 10.8 Å². The Morgan fingerprint density at radius 1 is 0.703 bits per heavy atom. The molecule has 6 aromatic rings. The number of hydrogen-bond acceptors (Lipinski definition) is 3. The van der Waals surface area contributed by atoms with Gasteiger partial charge in [0.05, 0.1) is 15.8 Å². The van der Waals surface area contributed by atoms with Crippen molar-refractivity contribution in [2.45, 2.75) is 33.1 Å². The topological polar surface area (TPSA) is 33.1 Å². The Labute approximate surface area is 221 Å². The summed E-state index contributed by atoms with van der Waals surface area (Å²) in [5.41, 5.74) is 9.05. The summed E-state index contributed by atoms with van der Waals surface area (Å²) in [6.45, 7) is 8.96. The highest BCUT2D eigenvalue weighted by Gasteiger charge is 2.19. The van der Waals surface area contributed by atoms with E-state index in [9.17, 15) is 5.11 Å². The molecule has 0 fully saturated rings. The summed E-state index contributed by atoms with van der Waals surface area (Å²) in [4.78, 5) is 5.09. The van der Waals surface area contributed by atoms with Gasteiger partial charge >= 0.3 is 0 Å². The zero-order valence-electron chi connectivity index (χ0n) is 21.5. The standard InChI is InChI=1S/C34H29NOS/c1-21-16-23(18-25(17-21)34(2,3)4)24-19-29(27-14-9-11-22-10-5-6-12-26(22)27)32-31(20-24)37-33(35-32)28-13-7-8-15-30(28)36/h5-20,36H,1-4H3. The molecule has 0 radical (unpaired) electrons. The van der Waals surface area contributed by atoms with Gasteiger partial charge in [-0.1, -0.05) is 99.1 Å². The summed E-state index contributed by atoms with van der Waals surface area (Å²) in [5, 5.41) is 13.8. The number of fused-ring (bicyclic) bond motifs is 2. The van der Waals surface area contributed by atoms with E-state index in [-0.39, 0.29) is 11.2 Å². The molecule has 0 bridgehead atoms. The van der Waals surface area contributed by atoms with Gasteiger partial charge < -0.3 is 5.11 Å². The van der Waals surface area contributed by atoms with Crippen LogP contribution in [0.2, 0.25) is 0 Å². The first-order valence-electron chi connectivity index (χ1n) is 12.6. The molecule has 0 atom stereocenters. The molecule has 37 heavy (non-hydrogen) atoms. The number of benzene rings is 5. The summed E-state index contributed by atoms with van der Waals surface area (Å²) in [6, 6.07) is 33.9. The molecule has 0 amide bonds. The van der Waals surface area contributed by atoms with Gasteiger partial charge in [0.2, 0.25) is 0 Å². The first-order valence-corrected chi connectivity index (χ1v) is 13.4. The third-order valence-corrected chi connectivity index (χ3v) is 8.02. The molecule has 1 heterocycles. The number of phenols is 1. The normalized spacial score (nSPS) is 11.9. The summed E-state index contributed by atoms with van der Waals surface area (Å²) in [7, 11) is 0. The van der Waals surface area contributed by atoms with E-state index in [0.717, 1.165) is 26.4 Å². The molecule has 5 aromatic carbocycles. The summed E-state index contributed by atoms with van der Waals surface area (Å²) < 4.78 is 1.11. The van der Waals surface area contributed by atoms with Crippen molar-refractivity contribution >= 4 is 32.3 Å². The van der Waals surface area contributed by atoms with Crippen LogP contribution in [0.25, 0.3) is 53.8 Å². The molecule has 0 unspecified atom stereocenters. The molecule has 0 aliphatic heterocycles. The average molecular weight is 500 g/mol. The molecule has 0 saturated carbocycles. The van der Waals surface area contributed by atoms with Crippen LogP contribution in [0.15, 0.2) is 97.1 Å². The van der Waals surface area contributed by atoms with Gasteiger partial charge in [0, 0.05) is 5.56 Å². The van der Waals surface area contributed by atoms with E-state index in [0.29, 0.717) is 0 Å². The number of phenolic OH excluding ortho intramolecular Hbond substituents is 1. The third-order valence-electron chi connectivity index (χ3n) is 6.99. The second-order valence-corrected chi connectivity index (χ2v) is 11.8. The molecule has 0 aliphatic rings. The fourth-order valence-corrected chi connectivity index (χ4v) is 6.08. The molecule has 3 heteroatoms. The van der Waals surface area contributed by atoms with Gasteiger partial charge in [-0.15, -0.1) is 11.3 Å². The fourth-order valence-electron chi connectivity index (χ4n) is 5.01. The summed E-state index contributed by atoms with van der Waals surface area (Å²) in [6.07, 6.45) is 0. The van der Waals surface area contributed by atoms with Crippen molar-refractivity contribution < 1.29 is 5.11 Å². The Morgan fingerprint density at radius 3 is 2.22 bits per heavy atom. The number of aromatic hydroxyl groups is 1. The van der Waals surface area contributed by atoms with Gasteiger partial charge in [-0.2, -0.15) is 0 Å². The highest BCUT2D eigenvalue weighted by atomic mass is 32.1. The van der Waals surface area contributed by atoms with E-state index in [1.165, 1.54) is 38.6 Å². The van der Waals surface area contributed by atoms with Gasteiger partial charge in [-0.25, -0.2) is 4.98 Å². The molecule has 1 N–H and O–H groups in total. The zero-order valence-corrected chi connectivity index (χ0v) is 22.4. The first kappa shape index (κ1) is 23.4. The van der Waals surface area contributed by atoms with Crippen LogP contribution in [0.3, 0.4) is 0 Å². The van der Waals surface area contributed by atoms with E-state index in [1.807, 2.05) is 18.2 Å². The fraction of sp³-hybridized carbons (Fsp3) is 0.147. The van der Waals surface area contributed by atoms with Crippen LogP contribution in [-0.4, -0.2) is 10.1 Å². The number of nitrogens with zero attached hydrogens (tertiary/aromatic N) is 1. The van der Waals surface area contributed by atoms with E-state index in [1.54, 1.807) is 17.4 Å². The summed E-state index contributed by atoms with van der Waals surface area (Å²) in [5.74, 6) is 0.252. The van der Waals surface area contributed by atoms with Gasteiger partial charge in [0.25, 0.3) is 0 Å². The SMILES string of the molecule is Cc1cc(-c2cc(-c3cccc4ccccc34)c3nc(-c4ccccc4O)sc3c2)cc(C(C)(C)C)c1. The smallest absolute Gasteiger partial charge is 0.128 e. The number of hydrogen-bond donors (Lipinski definition) is 1. The minimum atomic E-state index is 0.0613. The predicted molar refractivity (Wildman–Crippen MR) is 159 cm³/mol. The van der Waals surface area contributed by atoms with Gasteiger partial charge in [-0.3, -0.25) is 0 Å². The Kier molecular flexibility index (Phi) is 5.62. The third kappa shape index (κ3) is 4.30. The number of aromatic nitrogens is 1. The monoisotopic (exact) mass is 499 g/mol. The van der Waals surface area contributed by atoms with Crippen LogP contribution < -0.4 is 0 Å². The van der Waals surface area contributed by atoms with Crippen molar-refractivity contribution in [2.75, 3.05) is 0 Å². The maximum Gasteiger partial charge on any atom is 0.128 e. The van der Waals surface area contributed by atoms with Crippen molar-refractivity contribution in [3.8, 4) is 38.6 Å². The van der Waals surface area contributed by atoms with Crippen molar-refractivity contribution in [3.05, 3.63) is 108 Å². The molecule has 6 rings (SSSR count). The molecule has 0 saturated heterocycles. The quantitative estimate of drug-likeness (QED) is 0.263. The van der Waals surface area contributed by atoms with E-state index in [4.69, 9.17) is 4.98 Å². The van der Waals surface area contributed by atoms with Gasteiger partial charge in [0.15, 0.2) is 0 Å². The Bertz CT molecular complexity index is 1780. The maximum atomic E-state index is 10.6.